The Kier molecular flexibility index (Phi) is 5.10. The maximum absolute atomic E-state index is 13.4. The molecule has 7 nitrogen and oxygen atoms in total. The summed E-state index contributed by atoms with van der Waals surface area (Å²) in [6.45, 7) is 1.14. The topological polar surface area (TPSA) is 74.8 Å². The number of hydrogen-bond donors (Lipinski definition) is 1. The van der Waals surface area contributed by atoms with Crippen LogP contribution in [0, 0.1) is 0 Å². The van der Waals surface area contributed by atoms with Crippen molar-refractivity contribution in [3.05, 3.63) is 108 Å². The zero-order valence-electron chi connectivity index (χ0n) is 19.0. The average Bonchev–Trinajstić information content (AvgIpc) is 3.22. The third-order valence-corrected chi connectivity index (χ3v) is 6.90. The molecular weight excluding hydrogens is 440 g/mol. The second-order valence-electron chi connectivity index (χ2n) is 8.80. The van der Waals surface area contributed by atoms with Crippen molar-refractivity contribution in [2.75, 3.05) is 25.0 Å². The van der Waals surface area contributed by atoms with E-state index < -0.39 is 5.60 Å². The SMILES string of the molecule is O=C(Nc1cccc2cccnc12)N1CCN2C(=O)OC(c3ccccc3)(c3ccccc3)C2C1. The molecule has 0 radical (unpaired) electrons. The normalized spacial score (nSPS) is 18.7. The number of pyridine rings is 1. The van der Waals surface area contributed by atoms with Gasteiger partial charge < -0.3 is 15.0 Å². The van der Waals surface area contributed by atoms with Gasteiger partial charge in [-0.3, -0.25) is 9.88 Å². The average molecular weight is 465 g/mol. The van der Waals surface area contributed by atoms with E-state index in [0.29, 0.717) is 25.3 Å². The minimum Gasteiger partial charge on any atom is -0.431 e. The molecule has 1 N–H and O–H groups in total. The number of ether oxygens (including phenoxy) is 1. The zero-order chi connectivity index (χ0) is 23.8. The summed E-state index contributed by atoms with van der Waals surface area (Å²) < 4.78 is 6.19. The smallest absolute Gasteiger partial charge is 0.411 e. The summed E-state index contributed by atoms with van der Waals surface area (Å²) in [6.07, 6.45) is 1.35. The van der Waals surface area contributed by atoms with Gasteiger partial charge in [0.25, 0.3) is 0 Å². The lowest BCUT2D eigenvalue weighted by Gasteiger charge is -2.42. The molecule has 35 heavy (non-hydrogen) atoms. The lowest BCUT2D eigenvalue weighted by molar-refractivity contribution is 0.0525. The standard InChI is InChI=1S/C28H24N4O3/c33-26(30-23-15-7-9-20-10-8-16-29-25(20)23)31-17-18-32-24(19-31)28(35-27(32)34,21-11-3-1-4-12-21)22-13-5-2-6-14-22/h1-16,24H,17-19H2,(H,30,33). The molecule has 0 saturated carbocycles. The summed E-state index contributed by atoms with van der Waals surface area (Å²) in [5, 5.41) is 3.99. The minimum absolute atomic E-state index is 0.225. The van der Waals surface area contributed by atoms with Crippen molar-refractivity contribution in [3.63, 3.8) is 0 Å². The van der Waals surface area contributed by atoms with Gasteiger partial charge in [-0.05, 0) is 12.1 Å². The minimum atomic E-state index is -1.01. The molecule has 0 bridgehead atoms. The van der Waals surface area contributed by atoms with Gasteiger partial charge in [-0.1, -0.05) is 78.9 Å². The number of amides is 3. The van der Waals surface area contributed by atoms with Crippen LogP contribution in [-0.4, -0.2) is 52.6 Å². The van der Waals surface area contributed by atoms with Gasteiger partial charge >= 0.3 is 12.1 Å². The summed E-state index contributed by atoms with van der Waals surface area (Å²) in [6, 6.07) is 28.5. The van der Waals surface area contributed by atoms with E-state index >= 15 is 0 Å². The summed E-state index contributed by atoms with van der Waals surface area (Å²) in [7, 11) is 0. The molecule has 1 aromatic heterocycles. The maximum Gasteiger partial charge on any atom is 0.411 e. The number of cyclic esters (lactones) is 1. The van der Waals surface area contributed by atoms with Crippen molar-refractivity contribution in [2.45, 2.75) is 11.6 Å². The van der Waals surface area contributed by atoms with E-state index in [9.17, 15) is 9.59 Å². The highest BCUT2D eigenvalue weighted by Crippen LogP contribution is 2.45. The number of urea groups is 1. The Morgan fingerprint density at radius 2 is 1.57 bits per heavy atom. The van der Waals surface area contributed by atoms with E-state index in [4.69, 9.17) is 4.74 Å². The van der Waals surface area contributed by atoms with Gasteiger partial charge in [-0.15, -0.1) is 0 Å². The quantitative estimate of drug-likeness (QED) is 0.471. The van der Waals surface area contributed by atoms with Gasteiger partial charge in [0.05, 0.1) is 11.2 Å². The largest absolute Gasteiger partial charge is 0.431 e. The molecule has 1 unspecified atom stereocenters. The first-order chi connectivity index (χ1) is 17.2. The van der Waals surface area contributed by atoms with Crippen LogP contribution in [0.2, 0.25) is 0 Å². The highest BCUT2D eigenvalue weighted by atomic mass is 16.6. The number of piperazine rings is 1. The number of benzene rings is 3. The number of anilines is 1. The molecule has 4 aromatic rings. The molecule has 6 rings (SSSR count). The molecule has 174 valence electrons. The van der Waals surface area contributed by atoms with Gasteiger partial charge in [0.1, 0.15) is 6.04 Å². The van der Waals surface area contributed by atoms with Crippen molar-refractivity contribution in [3.8, 4) is 0 Å². The molecule has 1 atom stereocenters. The highest BCUT2D eigenvalue weighted by Gasteiger charge is 2.58. The first-order valence-electron chi connectivity index (χ1n) is 11.7. The van der Waals surface area contributed by atoms with Crippen molar-refractivity contribution in [1.82, 2.24) is 14.8 Å². The Balaban J connectivity index is 1.35. The van der Waals surface area contributed by atoms with E-state index in [-0.39, 0.29) is 18.2 Å². The summed E-state index contributed by atoms with van der Waals surface area (Å²) in [5.41, 5.74) is 2.15. The second-order valence-corrected chi connectivity index (χ2v) is 8.80. The van der Waals surface area contributed by atoms with Crippen molar-refractivity contribution < 1.29 is 14.3 Å². The van der Waals surface area contributed by atoms with E-state index in [2.05, 4.69) is 10.3 Å². The zero-order valence-corrected chi connectivity index (χ0v) is 19.0. The molecule has 3 heterocycles. The summed E-state index contributed by atoms with van der Waals surface area (Å²) >= 11 is 0. The molecule has 0 aliphatic carbocycles. The van der Waals surface area contributed by atoms with E-state index in [0.717, 1.165) is 22.0 Å². The highest BCUT2D eigenvalue weighted by molar-refractivity contribution is 5.99. The van der Waals surface area contributed by atoms with Crippen LogP contribution in [0.4, 0.5) is 15.3 Å². The summed E-state index contributed by atoms with van der Waals surface area (Å²) in [5.74, 6) is 0. The molecule has 2 saturated heterocycles. The van der Waals surface area contributed by atoms with Crippen molar-refractivity contribution in [2.24, 2.45) is 0 Å². The number of nitrogens with one attached hydrogen (secondary N) is 1. The Morgan fingerprint density at radius 1 is 0.886 bits per heavy atom. The van der Waals surface area contributed by atoms with Gasteiger partial charge in [-0.25, -0.2) is 9.59 Å². The van der Waals surface area contributed by atoms with Gasteiger partial charge in [-0.2, -0.15) is 0 Å². The first kappa shape index (κ1) is 21.2. The van der Waals surface area contributed by atoms with Crippen LogP contribution in [0.5, 0.6) is 0 Å². The van der Waals surface area contributed by atoms with E-state index in [1.165, 1.54) is 0 Å². The van der Waals surface area contributed by atoms with Crippen molar-refractivity contribution >= 4 is 28.7 Å². The number of carbonyl (C=O) groups excluding carboxylic acids is 2. The van der Waals surface area contributed by atoms with Gasteiger partial charge in [0.2, 0.25) is 0 Å². The molecule has 2 fully saturated rings. The van der Waals surface area contributed by atoms with Gasteiger partial charge in [0.15, 0.2) is 5.60 Å². The van der Waals surface area contributed by atoms with E-state index in [1.807, 2.05) is 91.0 Å². The van der Waals surface area contributed by atoms with Crippen LogP contribution in [0.1, 0.15) is 11.1 Å². The first-order valence-corrected chi connectivity index (χ1v) is 11.7. The fourth-order valence-electron chi connectivity index (χ4n) is 5.24. The Morgan fingerprint density at radius 3 is 2.29 bits per heavy atom. The fourth-order valence-corrected chi connectivity index (χ4v) is 5.24. The number of fused-ring (bicyclic) bond motifs is 2. The Hall–Kier alpha value is -4.39. The predicted molar refractivity (Wildman–Crippen MR) is 133 cm³/mol. The van der Waals surface area contributed by atoms with Crippen LogP contribution < -0.4 is 5.32 Å². The van der Waals surface area contributed by atoms with Crippen LogP contribution in [-0.2, 0) is 10.3 Å². The van der Waals surface area contributed by atoms with E-state index in [1.54, 1.807) is 16.0 Å². The number of carbonyl (C=O) groups is 2. The number of rotatable bonds is 3. The summed E-state index contributed by atoms with van der Waals surface area (Å²) in [4.78, 5) is 34.4. The Bertz CT molecular complexity index is 1350. The fraction of sp³-hybridized carbons (Fsp3) is 0.179. The van der Waals surface area contributed by atoms with Crippen LogP contribution in [0.25, 0.3) is 10.9 Å². The van der Waals surface area contributed by atoms with Crippen LogP contribution in [0.3, 0.4) is 0 Å². The Labute approximate surface area is 202 Å². The number of nitrogens with zero attached hydrogens (tertiary/aromatic N) is 3. The third kappa shape index (κ3) is 3.47. The second kappa shape index (κ2) is 8.43. The molecule has 2 aliphatic rings. The number of para-hydroxylation sites is 1. The predicted octanol–water partition coefficient (Wildman–Crippen LogP) is 4.85. The van der Waals surface area contributed by atoms with Gasteiger partial charge in [0, 0.05) is 42.3 Å². The molecular formula is C28H24N4O3. The lowest BCUT2D eigenvalue weighted by atomic mass is 9.79. The molecule has 2 aliphatic heterocycles. The number of aromatic nitrogens is 1. The van der Waals surface area contributed by atoms with Crippen LogP contribution in [0.15, 0.2) is 97.2 Å². The molecule has 3 amide bonds. The third-order valence-electron chi connectivity index (χ3n) is 6.90. The van der Waals surface area contributed by atoms with Crippen LogP contribution >= 0.6 is 0 Å². The maximum atomic E-state index is 13.4. The molecule has 3 aromatic carbocycles. The lowest BCUT2D eigenvalue weighted by Crippen LogP contribution is -2.59. The molecule has 0 spiro atoms. The van der Waals surface area contributed by atoms with Crippen molar-refractivity contribution in [1.29, 1.82) is 0 Å². The number of hydrogen-bond acceptors (Lipinski definition) is 4. The monoisotopic (exact) mass is 464 g/mol. The molecule has 7 heteroatoms.